The lowest BCUT2D eigenvalue weighted by Gasteiger charge is -2.11. The highest BCUT2D eigenvalue weighted by molar-refractivity contribution is 7.92. The molecule has 2 N–H and O–H groups in total. The Morgan fingerprint density at radius 3 is 2.29 bits per heavy atom. The molecule has 0 radical (unpaired) electrons. The minimum absolute atomic E-state index is 0.291. The predicted molar refractivity (Wildman–Crippen MR) is 85.9 cm³/mol. The van der Waals surface area contributed by atoms with E-state index in [9.17, 15) is 8.42 Å². The van der Waals surface area contributed by atoms with Crippen molar-refractivity contribution in [1.82, 2.24) is 5.32 Å². The Labute approximate surface area is 126 Å². The summed E-state index contributed by atoms with van der Waals surface area (Å²) in [7, 11) is -1.71. The number of sulfonamides is 1. The van der Waals surface area contributed by atoms with E-state index in [0.29, 0.717) is 17.1 Å². The second-order valence-corrected chi connectivity index (χ2v) is 6.84. The molecule has 0 bridgehead atoms. The summed E-state index contributed by atoms with van der Waals surface area (Å²) in [6.45, 7) is 4.47. The van der Waals surface area contributed by atoms with Crippen LogP contribution in [0, 0.1) is 13.8 Å². The molecule has 0 aromatic heterocycles. The Balaban J connectivity index is 2.30. The van der Waals surface area contributed by atoms with Gasteiger partial charge in [0.05, 0.1) is 4.90 Å². The predicted octanol–water partition coefficient (Wildman–Crippen LogP) is 2.82. The van der Waals surface area contributed by atoms with Gasteiger partial charge in [-0.1, -0.05) is 18.2 Å². The van der Waals surface area contributed by atoms with E-state index in [1.165, 1.54) is 0 Å². The van der Waals surface area contributed by atoms with Crippen LogP contribution in [0.15, 0.2) is 47.4 Å². The van der Waals surface area contributed by atoms with Crippen LogP contribution in [0.3, 0.4) is 0 Å². The van der Waals surface area contributed by atoms with Crippen LogP contribution in [0.2, 0.25) is 0 Å². The molecular formula is C16H20N2O2S. The second-order valence-electron chi connectivity index (χ2n) is 5.16. The maximum atomic E-state index is 12.4. The van der Waals surface area contributed by atoms with Crippen molar-refractivity contribution in [3.63, 3.8) is 0 Å². The minimum Gasteiger partial charge on any atom is -0.316 e. The van der Waals surface area contributed by atoms with Crippen molar-refractivity contribution in [1.29, 1.82) is 0 Å². The monoisotopic (exact) mass is 304 g/mol. The second kappa shape index (κ2) is 6.28. The van der Waals surface area contributed by atoms with Crippen LogP contribution in [0.25, 0.3) is 0 Å². The first-order valence-electron chi connectivity index (χ1n) is 6.75. The normalized spacial score (nSPS) is 11.4. The van der Waals surface area contributed by atoms with Gasteiger partial charge < -0.3 is 5.32 Å². The van der Waals surface area contributed by atoms with Gasteiger partial charge in [-0.15, -0.1) is 0 Å². The molecule has 0 saturated heterocycles. The molecule has 112 valence electrons. The topological polar surface area (TPSA) is 58.2 Å². The summed E-state index contributed by atoms with van der Waals surface area (Å²) < 4.78 is 27.5. The molecule has 2 aromatic carbocycles. The molecular weight excluding hydrogens is 284 g/mol. The summed E-state index contributed by atoms with van der Waals surface area (Å²) >= 11 is 0. The lowest BCUT2D eigenvalue weighted by Crippen LogP contribution is -2.14. The van der Waals surface area contributed by atoms with Gasteiger partial charge in [-0.25, -0.2) is 8.42 Å². The molecule has 0 aliphatic heterocycles. The van der Waals surface area contributed by atoms with Crippen LogP contribution in [0.1, 0.15) is 16.7 Å². The number of nitrogens with one attached hydrogen (secondary N) is 2. The highest BCUT2D eigenvalue weighted by atomic mass is 32.2. The Bertz CT molecular complexity index is 719. The number of aryl methyl sites for hydroxylation is 2. The van der Waals surface area contributed by atoms with Crippen LogP contribution in [-0.2, 0) is 16.6 Å². The molecule has 4 nitrogen and oxygen atoms in total. The summed E-state index contributed by atoms with van der Waals surface area (Å²) in [5, 5.41) is 3.04. The summed E-state index contributed by atoms with van der Waals surface area (Å²) in [5.74, 6) is 0. The van der Waals surface area contributed by atoms with Crippen molar-refractivity contribution >= 4 is 15.7 Å². The fourth-order valence-electron chi connectivity index (χ4n) is 2.25. The maximum Gasteiger partial charge on any atom is 0.261 e. The largest absolute Gasteiger partial charge is 0.316 e. The first-order chi connectivity index (χ1) is 9.90. The van der Waals surface area contributed by atoms with E-state index in [1.54, 1.807) is 18.2 Å². The Hall–Kier alpha value is -1.85. The van der Waals surface area contributed by atoms with Gasteiger partial charge in [-0.05, 0) is 61.9 Å². The maximum absolute atomic E-state index is 12.4. The summed E-state index contributed by atoms with van der Waals surface area (Å²) in [6.07, 6.45) is 0. The highest BCUT2D eigenvalue weighted by Gasteiger charge is 2.15. The molecule has 0 unspecified atom stereocenters. The third kappa shape index (κ3) is 4.06. The fourth-order valence-corrected chi connectivity index (χ4v) is 3.49. The van der Waals surface area contributed by atoms with E-state index < -0.39 is 10.0 Å². The molecule has 0 saturated carbocycles. The lowest BCUT2D eigenvalue weighted by molar-refractivity contribution is 0.601. The van der Waals surface area contributed by atoms with Gasteiger partial charge in [-0.2, -0.15) is 0 Å². The molecule has 0 fully saturated rings. The Morgan fingerprint density at radius 2 is 1.67 bits per heavy atom. The van der Waals surface area contributed by atoms with Gasteiger partial charge in [0.2, 0.25) is 0 Å². The summed E-state index contributed by atoms with van der Waals surface area (Å²) in [6, 6.07) is 12.7. The standard InChI is InChI=1S/C16H20N2O2S/c1-12-7-13(2)9-16(8-12)21(19,20)18-15-6-4-5-14(10-15)11-17-3/h4-10,17-18H,11H2,1-3H3. The van der Waals surface area contributed by atoms with Gasteiger partial charge in [0, 0.05) is 12.2 Å². The molecule has 2 aromatic rings. The highest BCUT2D eigenvalue weighted by Crippen LogP contribution is 2.19. The van der Waals surface area contributed by atoms with E-state index in [4.69, 9.17) is 0 Å². The van der Waals surface area contributed by atoms with Crippen LogP contribution >= 0.6 is 0 Å². The third-order valence-corrected chi connectivity index (χ3v) is 4.43. The quantitative estimate of drug-likeness (QED) is 0.893. The number of anilines is 1. The smallest absolute Gasteiger partial charge is 0.261 e. The summed E-state index contributed by atoms with van der Waals surface area (Å²) in [5.41, 5.74) is 3.46. The van der Waals surface area contributed by atoms with E-state index in [0.717, 1.165) is 16.7 Å². The Morgan fingerprint density at radius 1 is 1.00 bits per heavy atom. The van der Waals surface area contributed by atoms with E-state index in [2.05, 4.69) is 10.0 Å². The molecule has 0 atom stereocenters. The van der Waals surface area contributed by atoms with Crippen molar-refractivity contribution in [2.75, 3.05) is 11.8 Å². The molecule has 0 heterocycles. The van der Waals surface area contributed by atoms with Crippen molar-refractivity contribution in [2.45, 2.75) is 25.3 Å². The number of hydrogen-bond donors (Lipinski definition) is 2. The molecule has 21 heavy (non-hydrogen) atoms. The number of rotatable bonds is 5. The molecule has 0 amide bonds. The van der Waals surface area contributed by atoms with Crippen LogP contribution < -0.4 is 10.0 Å². The van der Waals surface area contributed by atoms with Crippen molar-refractivity contribution in [2.24, 2.45) is 0 Å². The van der Waals surface area contributed by atoms with Crippen molar-refractivity contribution in [3.05, 3.63) is 59.2 Å². The Kier molecular flexibility index (Phi) is 4.65. The third-order valence-electron chi connectivity index (χ3n) is 3.07. The lowest BCUT2D eigenvalue weighted by atomic mass is 10.2. The zero-order valence-corrected chi connectivity index (χ0v) is 13.3. The summed E-state index contributed by atoms with van der Waals surface area (Å²) in [4.78, 5) is 0.291. The van der Waals surface area contributed by atoms with Gasteiger partial charge in [0.15, 0.2) is 0 Å². The number of benzene rings is 2. The zero-order valence-electron chi connectivity index (χ0n) is 12.5. The SMILES string of the molecule is CNCc1cccc(NS(=O)(=O)c2cc(C)cc(C)c2)c1. The van der Waals surface area contributed by atoms with E-state index in [-0.39, 0.29) is 0 Å². The molecule has 0 aliphatic carbocycles. The average molecular weight is 304 g/mol. The average Bonchev–Trinajstić information content (AvgIpc) is 2.38. The van der Waals surface area contributed by atoms with Crippen molar-refractivity contribution < 1.29 is 8.42 Å². The van der Waals surface area contributed by atoms with Gasteiger partial charge in [0.25, 0.3) is 10.0 Å². The van der Waals surface area contributed by atoms with Crippen LogP contribution in [0.4, 0.5) is 5.69 Å². The first kappa shape index (κ1) is 15.5. The van der Waals surface area contributed by atoms with Gasteiger partial charge in [0.1, 0.15) is 0 Å². The van der Waals surface area contributed by atoms with Crippen molar-refractivity contribution in [3.8, 4) is 0 Å². The van der Waals surface area contributed by atoms with E-state index >= 15 is 0 Å². The molecule has 2 rings (SSSR count). The van der Waals surface area contributed by atoms with Crippen LogP contribution in [0.5, 0.6) is 0 Å². The van der Waals surface area contributed by atoms with Gasteiger partial charge >= 0.3 is 0 Å². The molecule has 0 aliphatic rings. The molecule has 5 heteroatoms. The molecule has 0 spiro atoms. The fraction of sp³-hybridized carbons (Fsp3) is 0.250. The first-order valence-corrected chi connectivity index (χ1v) is 8.24. The zero-order chi connectivity index (χ0) is 15.5. The number of hydrogen-bond acceptors (Lipinski definition) is 3. The van der Waals surface area contributed by atoms with E-state index in [1.807, 2.05) is 45.2 Å². The minimum atomic E-state index is -3.56. The van der Waals surface area contributed by atoms with Gasteiger partial charge in [-0.3, -0.25) is 4.72 Å². The van der Waals surface area contributed by atoms with Crippen LogP contribution in [-0.4, -0.2) is 15.5 Å².